The van der Waals surface area contributed by atoms with Crippen LogP contribution in [0.1, 0.15) is 45.4 Å². The fourth-order valence-corrected chi connectivity index (χ4v) is 2.63. The van der Waals surface area contributed by atoms with Gasteiger partial charge in [0.05, 0.1) is 25.6 Å². The van der Waals surface area contributed by atoms with Gasteiger partial charge in [0.2, 0.25) is 11.4 Å². The van der Waals surface area contributed by atoms with E-state index in [9.17, 15) is 25.2 Å². The Morgan fingerprint density at radius 1 is 1.20 bits per heavy atom. The van der Waals surface area contributed by atoms with Gasteiger partial charge in [0.15, 0.2) is 5.76 Å². The number of unbranched alkanes of at least 4 members (excludes halogenated alkanes) is 4. The monoisotopic (exact) mass is 360 g/mol. The second-order valence-electron chi connectivity index (χ2n) is 6.03. The van der Waals surface area contributed by atoms with E-state index < -0.39 is 54.9 Å². The van der Waals surface area contributed by atoms with E-state index in [0.29, 0.717) is 0 Å². The minimum Gasteiger partial charge on any atom is -0.499 e. The smallest absolute Gasteiger partial charge is 0.378 e. The Balaban J connectivity index is 2.88. The van der Waals surface area contributed by atoms with E-state index in [4.69, 9.17) is 14.6 Å². The topological polar surface area (TPSA) is 137 Å². The molecule has 0 amide bonds. The molecule has 1 rings (SSSR count). The number of ether oxygens (including phenoxy) is 2. The molecule has 0 fully saturated rings. The fraction of sp³-hybridized carbons (Fsp3) is 0.706. The first kappa shape index (κ1) is 21.4. The number of rotatable bonds is 12. The van der Waals surface area contributed by atoms with Crippen molar-refractivity contribution in [3.05, 3.63) is 23.9 Å². The summed E-state index contributed by atoms with van der Waals surface area (Å²) in [5.41, 5.74) is -1.97. The van der Waals surface area contributed by atoms with Crippen molar-refractivity contribution >= 4 is 5.97 Å². The average Bonchev–Trinajstić information content (AvgIpc) is 2.84. The van der Waals surface area contributed by atoms with Crippen LogP contribution >= 0.6 is 0 Å². The Morgan fingerprint density at radius 2 is 1.92 bits per heavy atom. The van der Waals surface area contributed by atoms with Gasteiger partial charge in [-0.15, -0.1) is 0 Å². The summed E-state index contributed by atoms with van der Waals surface area (Å²) in [6.45, 7) is 0.656. The highest BCUT2D eigenvalue weighted by molar-refractivity contribution is 5.90. The molecule has 3 atom stereocenters. The Morgan fingerprint density at radius 3 is 2.52 bits per heavy atom. The molecule has 0 saturated carbocycles. The van der Waals surface area contributed by atoms with Crippen molar-refractivity contribution < 1.29 is 39.8 Å². The van der Waals surface area contributed by atoms with Crippen molar-refractivity contribution in [3.63, 3.8) is 0 Å². The van der Waals surface area contributed by atoms with E-state index >= 15 is 0 Å². The molecule has 0 aromatic carbocycles. The molecule has 0 aliphatic carbocycles. The van der Waals surface area contributed by atoms with E-state index in [1.165, 1.54) is 6.26 Å². The minimum atomic E-state index is -1.97. The number of aliphatic hydroxyl groups is 5. The zero-order chi connectivity index (χ0) is 18.9. The quantitative estimate of drug-likeness (QED) is 0.194. The van der Waals surface area contributed by atoms with E-state index in [-0.39, 0.29) is 0 Å². The number of carbonyl (C=O) groups excluding carboxylic acids is 1. The molecular weight excluding hydrogens is 332 g/mol. The van der Waals surface area contributed by atoms with Gasteiger partial charge in [0, 0.05) is 6.42 Å². The second-order valence-corrected chi connectivity index (χ2v) is 6.03. The van der Waals surface area contributed by atoms with Gasteiger partial charge >= 0.3 is 5.97 Å². The molecule has 0 radical (unpaired) electrons. The lowest BCUT2D eigenvalue weighted by molar-refractivity contribution is -0.169. The molecule has 1 aliphatic heterocycles. The van der Waals surface area contributed by atoms with Crippen molar-refractivity contribution in [3.8, 4) is 0 Å². The lowest BCUT2D eigenvalue weighted by atomic mass is 9.88. The van der Waals surface area contributed by atoms with Crippen LogP contribution in [0.15, 0.2) is 23.9 Å². The third kappa shape index (κ3) is 5.43. The number of esters is 1. The molecule has 8 heteroatoms. The lowest BCUT2D eigenvalue weighted by Gasteiger charge is -2.34. The zero-order valence-electron chi connectivity index (χ0n) is 14.4. The van der Waals surface area contributed by atoms with Gasteiger partial charge in [-0.3, -0.25) is 0 Å². The summed E-state index contributed by atoms with van der Waals surface area (Å²) in [5.74, 6) is -2.37. The summed E-state index contributed by atoms with van der Waals surface area (Å²) in [5, 5.41) is 48.0. The molecule has 1 aliphatic rings. The molecular formula is C17H28O8. The number of cyclic esters (lactones) is 1. The number of hydrogen-bond acceptors (Lipinski definition) is 8. The first-order chi connectivity index (χ1) is 11.9. The van der Waals surface area contributed by atoms with E-state index in [1.54, 1.807) is 6.08 Å². The van der Waals surface area contributed by atoms with E-state index in [0.717, 1.165) is 32.1 Å². The van der Waals surface area contributed by atoms with Crippen molar-refractivity contribution in [2.75, 3.05) is 13.2 Å². The molecule has 8 nitrogen and oxygen atoms in total. The number of hydrogen-bond donors (Lipinski definition) is 5. The molecule has 25 heavy (non-hydrogen) atoms. The van der Waals surface area contributed by atoms with Gasteiger partial charge in [-0.1, -0.05) is 26.2 Å². The minimum absolute atomic E-state index is 0.392. The number of allylic oxidation sites excluding steroid dienone is 1. The Bertz CT molecular complexity index is 487. The van der Waals surface area contributed by atoms with Crippen LogP contribution in [-0.2, 0) is 14.3 Å². The molecule has 0 aromatic rings. The molecule has 0 saturated heterocycles. The molecule has 1 heterocycles. The predicted molar refractivity (Wildman–Crippen MR) is 88.3 cm³/mol. The Labute approximate surface area is 147 Å². The summed E-state index contributed by atoms with van der Waals surface area (Å²) >= 11 is 0. The van der Waals surface area contributed by atoms with Crippen LogP contribution in [0, 0.1) is 0 Å². The van der Waals surface area contributed by atoms with E-state index in [2.05, 4.69) is 6.92 Å². The summed E-state index contributed by atoms with van der Waals surface area (Å²) in [6.07, 6.45) is 4.56. The largest absolute Gasteiger partial charge is 0.499 e. The highest BCUT2D eigenvalue weighted by atomic mass is 16.6. The van der Waals surface area contributed by atoms with Crippen molar-refractivity contribution in [1.29, 1.82) is 0 Å². The van der Waals surface area contributed by atoms with Crippen molar-refractivity contribution in [1.82, 2.24) is 0 Å². The van der Waals surface area contributed by atoms with Crippen LogP contribution in [0.2, 0.25) is 0 Å². The Hall–Kier alpha value is -1.61. The maximum atomic E-state index is 11.7. The molecule has 0 bridgehead atoms. The molecule has 144 valence electrons. The zero-order valence-corrected chi connectivity index (χ0v) is 14.4. The van der Waals surface area contributed by atoms with Crippen LogP contribution < -0.4 is 0 Å². The SMILES string of the molecule is CCCCCCC=COC1=C(O)C(=O)O[C@]1(CC(O)CO)[C@@H](O)CO. The van der Waals surface area contributed by atoms with Gasteiger partial charge < -0.3 is 35.0 Å². The number of carbonyl (C=O) groups is 1. The van der Waals surface area contributed by atoms with Crippen LogP contribution in [0.25, 0.3) is 0 Å². The average molecular weight is 360 g/mol. The van der Waals surface area contributed by atoms with Crippen LogP contribution in [-0.4, -0.2) is 62.5 Å². The maximum absolute atomic E-state index is 11.7. The highest BCUT2D eigenvalue weighted by Gasteiger charge is 2.55. The third-order valence-corrected chi connectivity index (χ3v) is 4.03. The molecule has 1 unspecified atom stereocenters. The maximum Gasteiger partial charge on any atom is 0.378 e. The van der Waals surface area contributed by atoms with Crippen molar-refractivity contribution in [2.45, 2.75) is 63.3 Å². The van der Waals surface area contributed by atoms with Gasteiger partial charge in [-0.2, -0.15) is 0 Å². The van der Waals surface area contributed by atoms with Crippen LogP contribution in [0.3, 0.4) is 0 Å². The second kappa shape index (κ2) is 10.4. The van der Waals surface area contributed by atoms with Crippen LogP contribution in [0.4, 0.5) is 0 Å². The van der Waals surface area contributed by atoms with Gasteiger partial charge in [0.1, 0.15) is 6.10 Å². The fourth-order valence-electron chi connectivity index (χ4n) is 2.63. The van der Waals surface area contributed by atoms with Crippen LogP contribution in [0.5, 0.6) is 0 Å². The lowest BCUT2D eigenvalue weighted by Crippen LogP contribution is -2.50. The molecule has 0 spiro atoms. The normalized spacial score (nSPS) is 23.2. The highest BCUT2D eigenvalue weighted by Crippen LogP contribution is 2.39. The Kier molecular flexibility index (Phi) is 8.91. The van der Waals surface area contributed by atoms with Gasteiger partial charge in [-0.05, 0) is 18.9 Å². The molecule has 5 N–H and O–H groups in total. The summed E-state index contributed by atoms with van der Waals surface area (Å²) in [7, 11) is 0. The molecule has 0 aromatic heterocycles. The third-order valence-electron chi connectivity index (χ3n) is 4.03. The van der Waals surface area contributed by atoms with Crippen molar-refractivity contribution in [2.24, 2.45) is 0 Å². The summed E-state index contributed by atoms with van der Waals surface area (Å²) < 4.78 is 10.3. The predicted octanol–water partition coefficient (Wildman–Crippen LogP) is 0.649. The summed E-state index contributed by atoms with van der Waals surface area (Å²) in [4.78, 5) is 11.7. The number of aliphatic hydroxyl groups excluding tert-OH is 5. The van der Waals surface area contributed by atoms with E-state index in [1.807, 2.05) is 0 Å². The standard InChI is InChI=1S/C17H28O8/c1-2-3-4-5-6-7-8-24-15-14(22)16(23)25-17(15,13(21)11-19)9-12(20)10-18/h7-8,12-13,18-22H,2-6,9-11H2,1H3/t12?,13-,17+/m0/s1. The van der Waals surface area contributed by atoms with Gasteiger partial charge in [0.25, 0.3) is 0 Å². The summed E-state index contributed by atoms with van der Waals surface area (Å²) in [6, 6.07) is 0. The van der Waals surface area contributed by atoms with Gasteiger partial charge in [-0.25, -0.2) is 4.79 Å². The first-order valence-electron chi connectivity index (χ1n) is 8.49. The first-order valence-corrected chi connectivity index (χ1v) is 8.49.